The summed E-state index contributed by atoms with van der Waals surface area (Å²) in [5.74, 6) is 0.343. The zero-order valence-corrected chi connectivity index (χ0v) is 10.5. The van der Waals surface area contributed by atoms with Gasteiger partial charge in [-0.25, -0.2) is 4.79 Å². The maximum absolute atomic E-state index is 11.8. The SMILES string of the molecule is COc1cn([C@H]2C[C@H](O)[C@@H](CO)O2)c(=O)[nH]c1=S. The molecule has 18 heavy (non-hydrogen) atoms. The van der Waals surface area contributed by atoms with E-state index in [1.54, 1.807) is 0 Å². The molecule has 0 spiro atoms. The number of ether oxygens (including phenoxy) is 2. The fraction of sp³-hybridized carbons (Fsp3) is 0.600. The van der Waals surface area contributed by atoms with E-state index in [4.69, 9.17) is 26.8 Å². The highest BCUT2D eigenvalue weighted by Gasteiger charge is 2.35. The second-order valence-corrected chi connectivity index (χ2v) is 4.39. The largest absolute Gasteiger partial charge is 0.492 e. The van der Waals surface area contributed by atoms with Gasteiger partial charge in [-0.15, -0.1) is 0 Å². The molecule has 0 amide bonds. The van der Waals surface area contributed by atoms with E-state index in [9.17, 15) is 9.90 Å². The number of aromatic nitrogens is 2. The highest BCUT2D eigenvalue weighted by Crippen LogP contribution is 2.28. The van der Waals surface area contributed by atoms with E-state index in [0.29, 0.717) is 5.75 Å². The average Bonchev–Trinajstić information content (AvgIpc) is 2.70. The Kier molecular flexibility index (Phi) is 3.81. The molecule has 3 N–H and O–H groups in total. The molecule has 1 aliphatic rings. The van der Waals surface area contributed by atoms with E-state index in [2.05, 4.69) is 4.98 Å². The Morgan fingerprint density at radius 2 is 2.44 bits per heavy atom. The number of aromatic amines is 1. The van der Waals surface area contributed by atoms with E-state index in [1.807, 2.05) is 0 Å². The van der Waals surface area contributed by atoms with Crippen molar-refractivity contribution in [3.05, 3.63) is 21.3 Å². The van der Waals surface area contributed by atoms with Gasteiger partial charge in [0.25, 0.3) is 0 Å². The Bertz CT molecular complexity index is 540. The molecule has 2 heterocycles. The fourth-order valence-electron chi connectivity index (χ4n) is 1.88. The quantitative estimate of drug-likeness (QED) is 0.646. The Balaban J connectivity index is 2.35. The van der Waals surface area contributed by atoms with Crippen LogP contribution < -0.4 is 10.4 Å². The zero-order valence-electron chi connectivity index (χ0n) is 9.70. The van der Waals surface area contributed by atoms with Crippen LogP contribution >= 0.6 is 12.2 Å². The smallest absolute Gasteiger partial charge is 0.328 e. The molecule has 0 aliphatic carbocycles. The van der Waals surface area contributed by atoms with Crippen molar-refractivity contribution < 1.29 is 19.7 Å². The maximum Gasteiger partial charge on any atom is 0.328 e. The summed E-state index contributed by atoms with van der Waals surface area (Å²) < 4.78 is 11.9. The van der Waals surface area contributed by atoms with Crippen LogP contribution in [0, 0.1) is 4.64 Å². The van der Waals surface area contributed by atoms with Crippen LogP contribution in [0.3, 0.4) is 0 Å². The van der Waals surface area contributed by atoms with Crippen LogP contribution in [0.1, 0.15) is 12.6 Å². The molecule has 1 fully saturated rings. The van der Waals surface area contributed by atoms with Gasteiger partial charge in [-0.3, -0.25) is 9.55 Å². The Morgan fingerprint density at radius 1 is 1.72 bits per heavy atom. The number of rotatable bonds is 3. The highest BCUT2D eigenvalue weighted by atomic mass is 32.1. The van der Waals surface area contributed by atoms with Gasteiger partial charge in [-0.05, 0) is 0 Å². The summed E-state index contributed by atoms with van der Waals surface area (Å²) in [6.07, 6.45) is -0.487. The van der Waals surface area contributed by atoms with Crippen LogP contribution in [-0.4, -0.2) is 45.7 Å². The highest BCUT2D eigenvalue weighted by molar-refractivity contribution is 7.71. The Labute approximate surface area is 108 Å². The van der Waals surface area contributed by atoms with E-state index >= 15 is 0 Å². The number of aliphatic hydroxyl groups is 2. The van der Waals surface area contributed by atoms with Gasteiger partial charge in [0.2, 0.25) is 0 Å². The first-order valence-corrected chi connectivity index (χ1v) is 5.81. The lowest BCUT2D eigenvalue weighted by Gasteiger charge is -2.15. The number of H-pyrrole nitrogens is 1. The van der Waals surface area contributed by atoms with Crippen LogP contribution in [0.15, 0.2) is 11.0 Å². The average molecular weight is 274 g/mol. The third kappa shape index (κ3) is 2.32. The van der Waals surface area contributed by atoms with Crippen LogP contribution in [0.25, 0.3) is 0 Å². The molecule has 0 radical (unpaired) electrons. The topological polar surface area (TPSA) is 96.7 Å². The van der Waals surface area contributed by atoms with Gasteiger partial charge in [-0.1, -0.05) is 12.2 Å². The third-order valence-electron chi connectivity index (χ3n) is 2.85. The van der Waals surface area contributed by atoms with Crippen molar-refractivity contribution in [1.82, 2.24) is 9.55 Å². The third-order valence-corrected chi connectivity index (χ3v) is 3.15. The minimum atomic E-state index is -0.805. The summed E-state index contributed by atoms with van der Waals surface area (Å²) in [4.78, 5) is 14.2. The summed E-state index contributed by atoms with van der Waals surface area (Å²) in [6.45, 7) is -0.299. The summed E-state index contributed by atoms with van der Waals surface area (Å²) in [6, 6.07) is 0. The first-order valence-electron chi connectivity index (χ1n) is 5.40. The molecule has 0 unspecified atom stereocenters. The van der Waals surface area contributed by atoms with Gasteiger partial charge in [0.15, 0.2) is 10.4 Å². The fourth-order valence-corrected chi connectivity index (χ4v) is 2.10. The molecular weight excluding hydrogens is 260 g/mol. The normalized spacial score (nSPS) is 27.4. The molecule has 0 bridgehead atoms. The van der Waals surface area contributed by atoms with Gasteiger partial charge in [0, 0.05) is 6.42 Å². The van der Waals surface area contributed by atoms with Crippen LogP contribution in [-0.2, 0) is 4.74 Å². The zero-order chi connectivity index (χ0) is 13.3. The maximum atomic E-state index is 11.8. The van der Waals surface area contributed by atoms with Crippen molar-refractivity contribution in [1.29, 1.82) is 0 Å². The van der Waals surface area contributed by atoms with Gasteiger partial charge in [0.05, 0.1) is 26.0 Å². The van der Waals surface area contributed by atoms with Gasteiger partial charge >= 0.3 is 5.69 Å². The molecule has 7 nitrogen and oxygen atoms in total. The number of nitrogens with one attached hydrogen (secondary N) is 1. The standard InChI is InChI=1S/C10H14N2O5S/c1-16-6-3-12(10(15)11-9(6)18)8-2-5(14)7(4-13)17-8/h3,5,7-8,13-14H,2,4H2,1H3,(H,11,15,18)/t5-,7+,8+/m0/s1. The second kappa shape index (κ2) is 5.19. The first kappa shape index (κ1) is 13.2. The van der Waals surface area contributed by atoms with Gasteiger partial charge < -0.3 is 19.7 Å². The molecule has 1 saturated heterocycles. The molecule has 1 aromatic rings. The summed E-state index contributed by atoms with van der Waals surface area (Å²) in [7, 11) is 1.44. The number of nitrogens with zero attached hydrogens (tertiary/aromatic N) is 1. The summed E-state index contributed by atoms with van der Waals surface area (Å²) >= 11 is 4.92. The van der Waals surface area contributed by atoms with Crippen molar-refractivity contribution in [3.8, 4) is 5.75 Å². The van der Waals surface area contributed by atoms with Crippen LogP contribution in [0.5, 0.6) is 5.75 Å². The number of hydrogen-bond acceptors (Lipinski definition) is 6. The van der Waals surface area contributed by atoms with Crippen molar-refractivity contribution in [2.24, 2.45) is 0 Å². The summed E-state index contributed by atoms with van der Waals surface area (Å²) in [5, 5.41) is 18.6. The first-order chi connectivity index (χ1) is 8.56. The molecule has 3 atom stereocenters. The van der Waals surface area contributed by atoms with E-state index in [0.717, 1.165) is 0 Å². The number of hydrogen-bond donors (Lipinski definition) is 3. The minimum Gasteiger partial charge on any atom is -0.492 e. The lowest BCUT2D eigenvalue weighted by molar-refractivity contribution is -0.0460. The molecular formula is C10H14N2O5S. The molecule has 100 valence electrons. The Hall–Kier alpha value is -1.22. The predicted octanol–water partition coefficient (Wildman–Crippen LogP) is -0.445. The van der Waals surface area contributed by atoms with E-state index in [1.165, 1.54) is 17.9 Å². The molecule has 0 saturated carbocycles. The Morgan fingerprint density at radius 3 is 3.00 bits per heavy atom. The molecule has 1 aromatic heterocycles. The van der Waals surface area contributed by atoms with Crippen LogP contribution in [0.4, 0.5) is 0 Å². The number of methoxy groups -OCH3 is 1. The number of aliphatic hydroxyl groups excluding tert-OH is 2. The predicted molar refractivity (Wildman–Crippen MR) is 64.1 cm³/mol. The van der Waals surface area contributed by atoms with Crippen molar-refractivity contribution in [2.75, 3.05) is 13.7 Å². The van der Waals surface area contributed by atoms with E-state index < -0.39 is 24.1 Å². The molecule has 8 heteroatoms. The van der Waals surface area contributed by atoms with Crippen molar-refractivity contribution >= 4 is 12.2 Å². The molecule has 0 aromatic carbocycles. The van der Waals surface area contributed by atoms with Crippen molar-refractivity contribution in [2.45, 2.75) is 24.9 Å². The second-order valence-electron chi connectivity index (χ2n) is 3.98. The lowest BCUT2D eigenvalue weighted by Crippen LogP contribution is -2.27. The van der Waals surface area contributed by atoms with Gasteiger partial charge in [-0.2, -0.15) is 0 Å². The minimum absolute atomic E-state index is 0.205. The molecule has 1 aliphatic heterocycles. The molecule has 2 rings (SSSR count). The van der Waals surface area contributed by atoms with Crippen LogP contribution in [0.2, 0.25) is 0 Å². The monoisotopic (exact) mass is 274 g/mol. The lowest BCUT2D eigenvalue weighted by atomic mass is 10.2. The van der Waals surface area contributed by atoms with Gasteiger partial charge in [0.1, 0.15) is 12.3 Å². The summed E-state index contributed by atoms with van der Waals surface area (Å²) in [5.41, 5.74) is -0.448. The van der Waals surface area contributed by atoms with Crippen molar-refractivity contribution in [3.63, 3.8) is 0 Å². The van der Waals surface area contributed by atoms with E-state index in [-0.39, 0.29) is 17.7 Å².